The van der Waals surface area contributed by atoms with Crippen molar-refractivity contribution < 1.29 is 33.7 Å². The predicted molar refractivity (Wildman–Crippen MR) is 187 cm³/mol. The molecule has 1 saturated heterocycles. The third-order valence-electron chi connectivity index (χ3n) is 7.81. The maximum Gasteiger partial charge on any atom is 0.350 e. The first kappa shape index (κ1) is 32.9. The Morgan fingerprint density at radius 2 is 1.63 bits per heavy atom. The highest BCUT2D eigenvalue weighted by Crippen LogP contribution is 2.45. The molecule has 1 amide bonds. The molecular formula is C39H32N2O7S. The lowest BCUT2D eigenvalue weighted by atomic mass is 9.94. The fourth-order valence-electron chi connectivity index (χ4n) is 5.47. The van der Waals surface area contributed by atoms with Gasteiger partial charge in [0.25, 0.3) is 5.78 Å². The number of carbonyl (C=O) groups excluding carboxylic acids is 3. The van der Waals surface area contributed by atoms with E-state index in [2.05, 4.69) is 11.6 Å². The van der Waals surface area contributed by atoms with Gasteiger partial charge in [0.2, 0.25) is 0 Å². The van der Waals surface area contributed by atoms with E-state index in [0.29, 0.717) is 46.2 Å². The van der Waals surface area contributed by atoms with E-state index in [9.17, 15) is 19.5 Å². The largest absolute Gasteiger partial charge is 0.507 e. The fraction of sp³-hybridized carbons (Fsp3) is 0.128. The number of aliphatic hydroxyl groups is 1. The number of anilines is 1. The number of aryl methyl sites for hydroxylation is 2. The van der Waals surface area contributed by atoms with Crippen molar-refractivity contribution in [2.24, 2.45) is 0 Å². The summed E-state index contributed by atoms with van der Waals surface area (Å²) in [5, 5.41) is 11.9. The van der Waals surface area contributed by atoms with E-state index in [4.69, 9.17) is 14.2 Å². The number of aromatic nitrogens is 1. The van der Waals surface area contributed by atoms with Gasteiger partial charge in [0.1, 0.15) is 41.1 Å². The van der Waals surface area contributed by atoms with E-state index >= 15 is 0 Å². The van der Waals surface area contributed by atoms with Gasteiger partial charge in [-0.25, -0.2) is 9.78 Å². The second-order valence-electron chi connectivity index (χ2n) is 11.2. The van der Waals surface area contributed by atoms with Crippen LogP contribution in [-0.4, -0.2) is 34.4 Å². The summed E-state index contributed by atoms with van der Waals surface area (Å²) < 4.78 is 17.3. The van der Waals surface area contributed by atoms with Crippen LogP contribution in [0.15, 0.2) is 121 Å². The van der Waals surface area contributed by atoms with Crippen molar-refractivity contribution in [3.8, 4) is 17.2 Å². The van der Waals surface area contributed by atoms with Gasteiger partial charge in [0.05, 0.1) is 17.3 Å². The highest BCUT2D eigenvalue weighted by atomic mass is 32.1. The number of thiazole rings is 1. The zero-order chi connectivity index (χ0) is 34.5. The predicted octanol–water partition coefficient (Wildman–Crippen LogP) is 8.10. The Morgan fingerprint density at radius 1 is 0.918 bits per heavy atom. The van der Waals surface area contributed by atoms with E-state index in [1.165, 1.54) is 11.0 Å². The average Bonchev–Trinajstić information content (AvgIpc) is 3.62. The molecule has 4 aromatic carbocycles. The number of amides is 1. The maximum atomic E-state index is 13.9. The zero-order valence-electron chi connectivity index (χ0n) is 26.8. The SMILES string of the molecule is C=CCOC(=O)c1sc(N2C(=O)C(=O)C(=C(O)c3ccc(OCc4ccccc4)cc3C)C2c2cccc(Oc3ccccc3)c2)nc1C. The molecule has 1 N–H and O–H groups in total. The maximum absolute atomic E-state index is 13.9. The van der Waals surface area contributed by atoms with E-state index in [0.717, 1.165) is 16.9 Å². The van der Waals surface area contributed by atoms with Crippen LogP contribution in [0, 0.1) is 13.8 Å². The van der Waals surface area contributed by atoms with Crippen molar-refractivity contribution in [2.75, 3.05) is 11.5 Å². The van der Waals surface area contributed by atoms with Crippen LogP contribution in [0.2, 0.25) is 0 Å². The lowest BCUT2D eigenvalue weighted by Gasteiger charge is -2.23. The van der Waals surface area contributed by atoms with Crippen LogP contribution in [0.5, 0.6) is 17.2 Å². The van der Waals surface area contributed by atoms with Gasteiger partial charge >= 0.3 is 11.9 Å². The molecule has 1 fully saturated rings. The number of hydrogen-bond donors (Lipinski definition) is 1. The lowest BCUT2D eigenvalue weighted by molar-refractivity contribution is -0.132. The molecule has 246 valence electrons. The molecule has 0 spiro atoms. The number of hydrogen-bond acceptors (Lipinski definition) is 9. The van der Waals surface area contributed by atoms with Gasteiger partial charge in [-0.3, -0.25) is 14.5 Å². The number of aliphatic hydroxyl groups excluding tert-OH is 1. The Morgan fingerprint density at radius 3 is 2.35 bits per heavy atom. The summed E-state index contributed by atoms with van der Waals surface area (Å²) in [6, 6.07) is 29.9. The summed E-state index contributed by atoms with van der Waals surface area (Å²) in [5.74, 6) is -1.16. The number of rotatable bonds is 11. The van der Waals surface area contributed by atoms with Crippen LogP contribution in [0.1, 0.15) is 43.7 Å². The number of ether oxygens (including phenoxy) is 3. The van der Waals surface area contributed by atoms with E-state index < -0.39 is 23.7 Å². The second kappa shape index (κ2) is 14.4. The number of nitrogens with zero attached hydrogens (tertiary/aromatic N) is 2. The monoisotopic (exact) mass is 672 g/mol. The minimum Gasteiger partial charge on any atom is -0.507 e. The van der Waals surface area contributed by atoms with Crippen LogP contribution in [0.25, 0.3) is 5.76 Å². The Balaban J connectivity index is 1.42. The summed E-state index contributed by atoms with van der Waals surface area (Å²) in [4.78, 5) is 46.4. The first-order valence-electron chi connectivity index (χ1n) is 15.4. The fourth-order valence-corrected chi connectivity index (χ4v) is 6.46. The summed E-state index contributed by atoms with van der Waals surface area (Å²) >= 11 is 0.926. The van der Waals surface area contributed by atoms with E-state index in [1.54, 1.807) is 68.4 Å². The molecule has 0 saturated carbocycles. The molecule has 6 rings (SSSR count). The third kappa shape index (κ3) is 7.00. The number of benzene rings is 4. The Kier molecular flexibility index (Phi) is 9.68. The van der Waals surface area contributed by atoms with Gasteiger partial charge in [-0.05, 0) is 73.0 Å². The van der Waals surface area contributed by atoms with Crippen molar-refractivity contribution >= 4 is 39.9 Å². The van der Waals surface area contributed by atoms with Crippen LogP contribution >= 0.6 is 11.3 Å². The number of ketones is 1. The quantitative estimate of drug-likeness (QED) is 0.0492. The Labute approximate surface area is 287 Å². The smallest absolute Gasteiger partial charge is 0.350 e. The van der Waals surface area contributed by atoms with Gasteiger partial charge in [0, 0.05) is 5.56 Å². The molecule has 1 aliphatic heterocycles. The van der Waals surface area contributed by atoms with Crippen LogP contribution in [0.4, 0.5) is 5.13 Å². The first-order chi connectivity index (χ1) is 23.7. The molecule has 1 atom stereocenters. The highest BCUT2D eigenvalue weighted by Gasteiger charge is 2.48. The van der Waals surface area contributed by atoms with Gasteiger partial charge in [-0.15, -0.1) is 0 Å². The lowest BCUT2D eigenvalue weighted by Crippen LogP contribution is -2.29. The minimum atomic E-state index is -1.10. The van der Waals surface area contributed by atoms with Crippen molar-refractivity contribution in [1.82, 2.24) is 4.98 Å². The molecule has 0 bridgehead atoms. The first-order valence-corrected chi connectivity index (χ1v) is 16.2. The molecule has 0 radical (unpaired) electrons. The highest BCUT2D eigenvalue weighted by molar-refractivity contribution is 7.17. The summed E-state index contributed by atoms with van der Waals surface area (Å²) in [6.45, 7) is 7.33. The standard InChI is InChI=1S/C39H32N2O7S/c1-4-20-46-38(45)36-25(3)40-39(49-36)41-33(27-14-11-17-30(22-27)48-28-15-9-6-10-16-28)32(35(43)37(41)44)34(42)31-19-18-29(21-24(31)2)47-23-26-12-7-5-8-13-26/h4-19,21-22,33,42H,1,20,23H2,2-3H3. The molecule has 9 nitrogen and oxygen atoms in total. The van der Waals surface area contributed by atoms with Crippen molar-refractivity contribution in [3.05, 3.63) is 154 Å². The molecule has 0 aliphatic carbocycles. The number of esters is 1. The molecule has 1 aliphatic rings. The van der Waals surface area contributed by atoms with Crippen molar-refractivity contribution in [2.45, 2.75) is 26.5 Å². The Hall–Kier alpha value is -6.00. The van der Waals surface area contributed by atoms with Gasteiger partial charge in [0.15, 0.2) is 5.13 Å². The molecule has 1 aromatic heterocycles. The van der Waals surface area contributed by atoms with Crippen LogP contribution in [0.3, 0.4) is 0 Å². The second-order valence-corrected chi connectivity index (χ2v) is 12.2. The number of carbonyl (C=O) groups is 3. The molecule has 49 heavy (non-hydrogen) atoms. The molecule has 1 unspecified atom stereocenters. The Bertz CT molecular complexity index is 2070. The minimum absolute atomic E-state index is 0.000334. The zero-order valence-corrected chi connectivity index (χ0v) is 27.6. The van der Waals surface area contributed by atoms with Crippen LogP contribution < -0.4 is 14.4 Å². The van der Waals surface area contributed by atoms with Gasteiger partial charge in [-0.2, -0.15) is 0 Å². The summed E-state index contributed by atoms with van der Waals surface area (Å²) in [6.07, 6.45) is 1.45. The average molecular weight is 673 g/mol. The molecule has 5 aromatic rings. The molecule has 10 heteroatoms. The van der Waals surface area contributed by atoms with E-state index in [-0.39, 0.29) is 27.9 Å². The summed E-state index contributed by atoms with van der Waals surface area (Å²) in [5.41, 5.74) is 2.67. The van der Waals surface area contributed by atoms with E-state index in [1.807, 2.05) is 48.5 Å². The number of para-hydroxylation sites is 1. The van der Waals surface area contributed by atoms with Crippen LogP contribution in [-0.2, 0) is 20.9 Å². The normalized spacial score (nSPS) is 15.2. The van der Waals surface area contributed by atoms with Crippen molar-refractivity contribution in [3.63, 3.8) is 0 Å². The third-order valence-corrected chi connectivity index (χ3v) is 8.94. The van der Waals surface area contributed by atoms with Crippen molar-refractivity contribution in [1.29, 1.82) is 0 Å². The van der Waals surface area contributed by atoms with Gasteiger partial charge < -0.3 is 19.3 Å². The van der Waals surface area contributed by atoms with Gasteiger partial charge in [-0.1, -0.05) is 84.7 Å². The molecule has 2 heterocycles. The number of Topliss-reactive ketones (excluding diaryl/α,β-unsaturated/α-hetero) is 1. The summed E-state index contributed by atoms with van der Waals surface area (Å²) in [7, 11) is 0. The molecular weight excluding hydrogens is 641 g/mol. The topological polar surface area (TPSA) is 115 Å².